The molecule has 4 nitrogen and oxygen atoms in total. The van der Waals surface area contributed by atoms with Gasteiger partial charge in [-0.2, -0.15) is 0 Å². The number of rotatable bonds is 4. The number of fused-ring (bicyclic) bond motifs is 1. The Morgan fingerprint density at radius 2 is 1.89 bits per heavy atom. The van der Waals surface area contributed by atoms with E-state index in [1.807, 2.05) is 36.2 Å². The van der Waals surface area contributed by atoms with Crippen molar-refractivity contribution in [2.75, 3.05) is 13.1 Å². The Balaban J connectivity index is 1.46. The summed E-state index contributed by atoms with van der Waals surface area (Å²) in [5, 5.41) is 1.14. The molecular formula is C24H26N2O2. The summed E-state index contributed by atoms with van der Waals surface area (Å²) in [6.07, 6.45) is 4.46. The summed E-state index contributed by atoms with van der Waals surface area (Å²) in [5.41, 5.74) is 4.39. The monoisotopic (exact) mass is 374 g/mol. The quantitative estimate of drug-likeness (QED) is 0.646. The summed E-state index contributed by atoms with van der Waals surface area (Å²) < 4.78 is 6.26. The number of carbonyl (C=O) groups excluding carboxylic acids is 1. The van der Waals surface area contributed by atoms with E-state index in [1.54, 1.807) is 0 Å². The number of para-hydroxylation sites is 1. The second-order valence-corrected chi connectivity index (χ2v) is 7.45. The maximum atomic E-state index is 11.8. The molecular weight excluding hydrogens is 348 g/mol. The fourth-order valence-corrected chi connectivity index (χ4v) is 3.82. The molecule has 0 N–H and O–H groups in total. The average molecular weight is 374 g/mol. The van der Waals surface area contributed by atoms with Crippen molar-refractivity contribution >= 4 is 16.8 Å². The second kappa shape index (κ2) is 8.01. The molecule has 4 rings (SSSR count). The molecule has 0 saturated carbocycles. The van der Waals surface area contributed by atoms with Gasteiger partial charge in [-0.1, -0.05) is 31.2 Å². The van der Waals surface area contributed by atoms with Crippen molar-refractivity contribution < 1.29 is 9.53 Å². The molecule has 1 fully saturated rings. The van der Waals surface area contributed by atoms with Crippen LogP contribution in [0.5, 0.6) is 5.75 Å². The number of hydrogen-bond acceptors (Lipinski definition) is 3. The van der Waals surface area contributed by atoms with Crippen LogP contribution in [0.25, 0.3) is 22.0 Å². The van der Waals surface area contributed by atoms with E-state index in [9.17, 15) is 4.79 Å². The molecule has 1 aromatic heterocycles. The van der Waals surface area contributed by atoms with E-state index in [4.69, 9.17) is 4.74 Å². The highest BCUT2D eigenvalue weighted by atomic mass is 16.5. The minimum absolute atomic E-state index is 0.174. The zero-order valence-corrected chi connectivity index (χ0v) is 16.5. The normalized spacial score (nSPS) is 15.0. The number of aryl methyl sites for hydroxylation is 1. The molecule has 0 atom stereocenters. The minimum Gasteiger partial charge on any atom is -0.490 e. The number of pyridine rings is 1. The van der Waals surface area contributed by atoms with Gasteiger partial charge in [0.2, 0.25) is 5.91 Å². The van der Waals surface area contributed by atoms with Crippen LogP contribution in [0.1, 0.15) is 31.7 Å². The van der Waals surface area contributed by atoms with E-state index in [-0.39, 0.29) is 12.0 Å². The smallest absolute Gasteiger partial charge is 0.222 e. The van der Waals surface area contributed by atoms with Gasteiger partial charge in [0.1, 0.15) is 11.9 Å². The first-order valence-electron chi connectivity index (χ1n) is 10.0. The van der Waals surface area contributed by atoms with Gasteiger partial charge in [-0.3, -0.25) is 9.78 Å². The predicted octanol–water partition coefficient (Wildman–Crippen LogP) is 4.99. The number of piperidine rings is 1. The molecule has 3 aromatic rings. The number of nitrogens with zero attached hydrogens (tertiary/aromatic N) is 2. The largest absolute Gasteiger partial charge is 0.490 e. The molecule has 1 saturated heterocycles. The highest BCUT2D eigenvalue weighted by molar-refractivity contribution is 5.83. The van der Waals surface area contributed by atoms with Gasteiger partial charge in [0.15, 0.2) is 0 Å². The highest BCUT2D eigenvalue weighted by Gasteiger charge is 2.23. The number of carbonyl (C=O) groups is 1. The average Bonchev–Trinajstić information content (AvgIpc) is 2.74. The lowest BCUT2D eigenvalue weighted by molar-refractivity contribution is -0.132. The van der Waals surface area contributed by atoms with Crippen LogP contribution in [-0.2, 0) is 4.79 Å². The van der Waals surface area contributed by atoms with Gasteiger partial charge in [-0.15, -0.1) is 0 Å². The van der Waals surface area contributed by atoms with Crippen LogP contribution < -0.4 is 4.74 Å². The maximum Gasteiger partial charge on any atom is 0.222 e. The molecule has 2 heterocycles. The van der Waals surface area contributed by atoms with Gasteiger partial charge in [-0.05, 0) is 42.3 Å². The third-order valence-corrected chi connectivity index (χ3v) is 5.49. The number of amides is 1. The van der Waals surface area contributed by atoms with Crippen LogP contribution in [0.3, 0.4) is 0 Å². The Morgan fingerprint density at radius 3 is 2.64 bits per heavy atom. The molecule has 1 aliphatic heterocycles. The topological polar surface area (TPSA) is 42.4 Å². The number of benzene rings is 2. The Kier molecular flexibility index (Phi) is 5.29. The molecule has 0 unspecified atom stereocenters. The van der Waals surface area contributed by atoms with Gasteiger partial charge >= 0.3 is 0 Å². The number of hydrogen-bond donors (Lipinski definition) is 0. The first-order chi connectivity index (χ1) is 13.6. The molecule has 2 aromatic carbocycles. The molecule has 144 valence electrons. The third-order valence-electron chi connectivity index (χ3n) is 5.49. The fourth-order valence-electron chi connectivity index (χ4n) is 3.82. The number of likely N-dealkylation sites (tertiary alicyclic amines) is 1. The molecule has 28 heavy (non-hydrogen) atoms. The van der Waals surface area contributed by atoms with Crippen molar-refractivity contribution in [1.82, 2.24) is 9.88 Å². The van der Waals surface area contributed by atoms with Gasteiger partial charge in [0.25, 0.3) is 0 Å². The van der Waals surface area contributed by atoms with Crippen molar-refractivity contribution in [1.29, 1.82) is 0 Å². The van der Waals surface area contributed by atoms with Crippen molar-refractivity contribution in [3.05, 3.63) is 60.3 Å². The van der Waals surface area contributed by atoms with Crippen molar-refractivity contribution in [2.45, 2.75) is 39.2 Å². The van der Waals surface area contributed by atoms with E-state index in [2.05, 4.69) is 42.2 Å². The zero-order valence-electron chi connectivity index (χ0n) is 16.5. The zero-order chi connectivity index (χ0) is 19.5. The summed E-state index contributed by atoms with van der Waals surface area (Å²) in [6, 6.07) is 16.7. The SMILES string of the molecule is CCC(=O)N1CCC(Oc2ccc(-c3cnc4ccccc4c3)cc2C)CC1. The first kappa shape index (κ1) is 18.5. The molecule has 0 spiro atoms. The molecule has 0 radical (unpaired) electrons. The molecule has 1 aliphatic rings. The standard InChI is InChI=1S/C24H26N2O2/c1-3-24(27)26-12-10-21(11-13-26)28-23-9-8-18(14-17(23)2)20-15-19-6-4-5-7-22(19)25-16-20/h4-9,14-16,21H,3,10-13H2,1-2H3. The minimum atomic E-state index is 0.174. The van der Waals surface area contributed by atoms with Gasteiger partial charge in [-0.25, -0.2) is 0 Å². The van der Waals surface area contributed by atoms with Crippen LogP contribution in [0.4, 0.5) is 0 Å². The van der Waals surface area contributed by atoms with Crippen LogP contribution in [0.2, 0.25) is 0 Å². The van der Waals surface area contributed by atoms with E-state index in [1.165, 1.54) is 0 Å². The van der Waals surface area contributed by atoms with E-state index in [0.29, 0.717) is 6.42 Å². The second-order valence-electron chi connectivity index (χ2n) is 7.45. The van der Waals surface area contributed by atoms with Crippen LogP contribution in [-0.4, -0.2) is 35.0 Å². The Morgan fingerprint density at radius 1 is 1.11 bits per heavy atom. The van der Waals surface area contributed by atoms with E-state index in [0.717, 1.165) is 59.3 Å². The number of aromatic nitrogens is 1. The fraction of sp³-hybridized carbons (Fsp3) is 0.333. The Bertz CT molecular complexity index is 991. The highest BCUT2D eigenvalue weighted by Crippen LogP contribution is 2.29. The molecule has 0 aliphatic carbocycles. The third kappa shape index (κ3) is 3.86. The van der Waals surface area contributed by atoms with Crippen LogP contribution >= 0.6 is 0 Å². The van der Waals surface area contributed by atoms with Gasteiger partial charge in [0.05, 0.1) is 5.52 Å². The van der Waals surface area contributed by atoms with E-state index >= 15 is 0 Å². The molecule has 4 heteroatoms. The molecule has 1 amide bonds. The Hall–Kier alpha value is -2.88. The maximum absolute atomic E-state index is 11.8. The lowest BCUT2D eigenvalue weighted by Gasteiger charge is -2.32. The van der Waals surface area contributed by atoms with Crippen LogP contribution in [0, 0.1) is 6.92 Å². The van der Waals surface area contributed by atoms with Gasteiger partial charge in [0, 0.05) is 49.5 Å². The Labute approximate surface area is 166 Å². The summed E-state index contributed by atoms with van der Waals surface area (Å²) in [4.78, 5) is 18.3. The van der Waals surface area contributed by atoms with Crippen molar-refractivity contribution in [3.63, 3.8) is 0 Å². The van der Waals surface area contributed by atoms with Gasteiger partial charge < -0.3 is 9.64 Å². The van der Waals surface area contributed by atoms with Crippen LogP contribution in [0.15, 0.2) is 54.7 Å². The summed E-state index contributed by atoms with van der Waals surface area (Å²) in [5.74, 6) is 1.17. The van der Waals surface area contributed by atoms with Crippen molar-refractivity contribution in [3.8, 4) is 16.9 Å². The summed E-state index contributed by atoms with van der Waals surface area (Å²) in [7, 11) is 0. The predicted molar refractivity (Wildman–Crippen MR) is 112 cm³/mol. The summed E-state index contributed by atoms with van der Waals surface area (Å²) >= 11 is 0. The summed E-state index contributed by atoms with van der Waals surface area (Å²) in [6.45, 7) is 5.58. The lowest BCUT2D eigenvalue weighted by atomic mass is 10.0. The molecule has 0 bridgehead atoms. The van der Waals surface area contributed by atoms with Crippen molar-refractivity contribution in [2.24, 2.45) is 0 Å². The lowest BCUT2D eigenvalue weighted by Crippen LogP contribution is -2.41. The number of ether oxygens (including phenoxy) is 1. The first-order valence-corrected chi connectivity index (χ1v) is 10.0. The van der Waals surface area contributed by atoms with E-state index < -0.39 is 0 Å².